The highest BCUT2D eigenvalue weighted by Gasteiger charge is 2.03. The van der Waals surface area contributed by atoms with Gasteiger partial charge in [0.2, 0.25) is 0 Å². The molecule has 0 atom stereocenters. The maximum absolute atomic E-state index is 8.73. The summed E-state index contributed by atoms with van der Waals surface area (Å²) in [5, 5.41) is 8.73. The molecule has 3 heteroatoms. The molecule has 0 spiro atoms. The van der Waals surface area contributed by atoms with E-state index in [1.165, 1.54) is 0 Å². The maximum Gasteiger partial charge on any atom is 0.147 e. The number of benzene rings is 1. The third-order valence-electron chi connectivity index (χ3n) is 1.82. The van der Waals surface area contributed by atoms with Crippen LogP contribution in [0, 0.1) is 11.3 Å². The Kier molecular flexibility index (Phi) is 2.84. The molecule has 2 nitrogen and oxygen atoms in total. The van der Waals surface area contributed by atoms with Crippen molar-refractivity contribution in [2.24, 2.45) is 3.21 Å². The van der Waals surface area contributed by atoms with E-state index in [2.05, 4.69) is 13.3 Å². The number of hydrogen-bond donors (Lipinski definition) is 0. The van der Waals surface area contributed by atoms with Gasteiger partial charge in [-0.1, -0.05) is 30.3 Å². The zero-order valence-corrected chi connectivity index (χ0v) is 9.47. The lowest BCUT2D eigenvalue weighted by molar-refractivity contribution is 1.55. The van der Waals surface area contributed by atoms with Gasteiger partial charge in [-0.15, -0.1) is 0 Å². The van der Waals surface area contributed by atoms with Gasteiger partial charge in [0.15, 0.2) is 0 Å². The average molecular weight is 294 g/mol. The second-order valence-corrected chi connectivity index (χ2v) is 4.42. The summed E-state index contributed by atoms with van der Waals surface area (Å²) in [6.07, 6.45) is 1.85. The molecular weight excluding hydrogens is 287 g/mol. The summed E-state index contributed by atoms with van der Waals surface area (Å²) < 4.78 is 6.29. The zero-order valence-electron chi connectivity index (χ0n) is 7.31. The molecular formula is C11H7IN2. The van der Waals surface area contributed by atoms with Crippen molar-refractivity contribution in [3.05, 3.63) is 42.0 Å². The van der Waals surface area contributed by atoms with Crippen molar-refractivity contribution in [3.8, 4) is 6.07 Å². The van der Waals surface area contributed by atoms with E-state index in [4.69, 9.17) is 5.26 Å². The second-order valence-electron chi connectivity index (χ2n) is 2.75. The maximum atomic E-state index is 8.73. The lowest BCUT2D eigenvalue weighted by Crippen LogP contribution is -1.94. The van der Waals surface area contributed by atoms with Crippen molar-refractivity contribution in [3.63, 3.8) is 0 Å². The summed E-state index contributed by atoms with van der Waals surface area (Å²) in [4.78, 5) is 0. The second kappa shape index (κ2) is 4.29. The predicted octanol–water partition coefficient (Wildman–Crippen LogP) is 2.74. The van der Waals surface area contributed by atoms with Gasteiger partial charge in [0.25, 0.3) is 0 Å². The van der Waals surface area contributed by atoms with Crippen LogP contribution >= 0.6 is 21.0 Å². The first kappa shape index (κ1) is 9.28. The Morgan fingerprint density at radius 1 is 1.21 bits per heavy atom. The van der Waals surface area contributed by atoms with Crippen molar-refractivity contribution >= 4 is 36.3 Å². The summed E-state index contributed by atoms with van der Waals surface area (Å²) in [5.41, 5.74) is 2.85. The Morgan fingerprint density at radius 2 is 2.00 bits per heavy atom. The number of nitriles is 1. The van der Waals surface area contributed by atoms with Crippen LogP contribution in [0.25, 0.3) is 5.57 Å². The number of rotatable bonds is 1. The number of allylic oxidation sites excluding steroid dienone is 2. The lowest BCUT2D eigenvalue weighted by Gasteiger charge is -2.03. The van der Waals surface area contributed by atoms with E-state index in [1.807, 2.05) is 36.4 Å². The summed E-state index contributed by atoms with van der Waals surface area (Å²) in [6.45, 7) is 0. The quantitative estimate of drug-likeness (QED) is 0.734. The Bertz CT molecular complexity index is 464. The molecule has 0 aliphatic carbocycles. The summed E-state index contributed by atoms with van der Waals surface area (Å²) in [5.74, 6) is 0. The fraction of sp³-hybridized carbons (Fsp3) is 0. The minimum atomic E-state index is -0.326. The van der Waals surface area contributed by atoms with E-state index in [0.29, 0.717) is 5.71 Å². The molecule has 0 radical (unpaired) electrons. The molecule has 0 amide bonds. The first-order valence-corrected chi connectivity index (χ1v) is 6.32. The van der Waals surface area contributed by atoms with Crippen LogP contribution in [0.4, 0.5) is 0 Å². The first-order chi connectivity index (χ1) is 6.90. The molecule has 0 saturated heterocycles. The molecule has 1 heterocycles. The van der Waals surface area contributed by atoms with Crippen molar-refractivity contribution in [2.75, 3.05) is 0 Å². The molecule has 68 valence electrons. The molecule has 0 N–H and O–H groups in total. The van der Waals surface area contributed by atoms with Gasteiger partial charge in [0.1, 0.15) is 11.8 Å². The number of nitrogens with zero attached hydrogens (tertiary/aromatic N) is 2. The summed E-state index contributed by atoms with van der Waals surface area (Å²) >= 11 is -0.326. The van der Waals surface area contributed by atoms with Crippen LogP contribution in [0.5, 0.6) is 0 Å². The minimum absolute atomic E-state index is 0.326. The standard InChI is InChI=1S/C11H7IN2/c13-8-11-6-10(7-12-14-11)9-4-2-1-3-5-9/h1-7H. The van der Waals surface area contributed by atoms with E-state index in [0.717, 1.165) is 11.1 Å². The molecule has 1 aromatic rings. The molecule has 0 fully saturated rings. The molecule has 1 aliphatic heterocycles. The van der Waals surface area contributed by atoms with Gasteiger partial charge in [0, 0.05) is 21.0 Å². The van der Waals surface area contributed by atoms with Gasteiger partial charge in [-0.05, 0) is 21.2 Å². The normalized spacial score (nSPS) is 14.8. The Morgan fingerprint density at radius 3 is 2.71 bits per heavy atom. The van der Waals surface area contributed by atoms with Crippen LogP contribution in [0.3, 0.4) is 0 Å². The van der Waals surface area contributed by atoms with Gasteiger partial charge in [-0.25, -0.2) is 3.21 Å². The minimum Gasteiger partial charge on any atom is -0.211 e. The third-order valence-corrected chi connectivity index (χ3v) is 3.57. The van der Waals surface area contributed by atoms with Crippen molar-refractivity contribution in [1.29, 1.82) is 5.26 Å². The van der Waals surface area contributed by atoms with Crippen LogP contribution in [0.2, 0.25) is 0 Å². The predicted molar refractivity (Wildman–Crippen MR) is 67.6 cm³/mol. The SMILES string of the molecule is N#CC1=NI=CC(c2ccccc2)=C1. The molecule has 0 aromatic heterocycles. The Hall–Kier alpha value is -1.28. The molecule has 14 heavy (non-hydrogen) atoms. The fourth-order valence-electron chi connectivity index (χ4n) is 1.16. The highest BCUT2D eigenvalue weighted by atomic mass is 127. The molecule has 1 aromatic carbocycles. The number of hydrogen-bond acceptors (Lipinski definition) is 2. The third kappa shape index (κ3) is 1.96. The highest BCUT2D eigenvalue weighted by molar-refractivity contribution is 14.2. The monoisotopic (exact) mass is 294 g/mol. The Balaban J connectivity index is 2.40. The molecule has 0 saturated carbocycles. The van der Waals surface area contributed by atoms with Crippen molar-refractivity contribution in [1.82, 2.24) is 0 Å². The first-order valence-electron chi connectivity index (χ1n) is 4.11. The average Bonchev–Trinajstić information content (AvgIpc) is 2.30. The van der Waals surface area contributed by atoms with Crippen molar-refractivity contribution in [2.45, 2.75) is 0 Å². The molecule has 0 unspecified atom stereocenters. The van der Waals surface area contributed by atoms with Crippen LogP contribution in [-0.4, -0.2) is 9.72 Å². The van der Waals surface area contributed by atoms with Gasteiger partial charge >= 0.3 is 0 Å². The largest absolute Gasteiger partial charge is 0.211 e. The lowest BCUT2D eigenvalue weighted by atomic mass is 10.1. The van der Waals surface area contributed by atoms with Crippen LogP contribution in [0.1, 0.15) is 5.56 Å². The summed E-state index contributed by atoms with van der Waals surface area (Å²) in [7, 11) is 0. The molecule has 2 rings (SSSR count). The van der Waals surface area contributed by atoms with E-state index in [9.17, 15) is 0 Å². The zero-order chi connectivity index (χ0) is 9.80. The van der Waals surface area contributed by atoms with Gasteiger partial charge in [-0.2, -0.15) is 5.26 Å². The fourth-order valence-corrected chi connectivity index (χ4v) is 2.69. The van der Waals surface area contributed by atoms with E-state index >= 15 is 0 Å². The van der Waals surface area contributed by atoms with Gasteiger partial charge in [0.05, 0.1) is 0 Å². The van der Waals surface area contributed by atoms with E-state index < -0.39 is 0 Å². The number of halogens is 1. The molecule has 0 bridgehead atoms. The highest BCUT2D eigenvalue weighted by Crippen LogP contribution is 2.19. The topological polar surface area (TPSA) is 36.1 Å². The van der Waals surface area contributed by atoms with E-state index in [1.54, 1.807) is 0 Å². The molecule has 1 aliphatic rings. The van der Waals surface area contributed by atoms with Crippen molar-refractivity contribution < 1.29 is 0 Å². The van der Waals surface area contributed by atoms with E-state index in [-0.39, 0.29) is 21.0 Å². The van der Waals surface area contributed by atoms with Crippen LogP contribution in [0.15, 0.2) is 39.6 Å². The van der Waals surface area contributed by atoms with Crippen LogP contribution in [-0.2, 0) is 0 Å². The van der Waals surface area contributed by atoms with Crippen LogP contribution < -0.4 is 0 Å². The van der Waals surface area contributed by atoms with Gasteiger partial charge in [-0.3, -0.25) is 0 Å². The Labute approximate surface area is 92.7 Å². The smallest absolute Gasteiger partial charge is 0.147 e. The summed E-state index contributed by atoms with van der Waals surface area (Å²) in [6, 6.07) is 12.2. The van der Waals surface area contributed by atoms with Gasteiger partial charge < -0.3 is 0 Å².